The van der Waals surface area contributed by atoms with Crippen molar-refractivity contribution < 1.29 is 23.8 Å². The summed E-state index contributed by atoms with van der Waals surface area (Å²) in [6.45, 7) is 0.0791. The fraction of sp³-hybridized carbons (Fsp3) is 0.200. The van der Waals surface area contributed by atoms with Gasteiger partial charge in [-0.25, -0.2) is 14.0 Å². The number of fused-ring (bicyclic) bond motifs is 1. The van der Waals surface area contributed by atoms with E-state index < -0.39 is 18.6 Å². The van der Waals surface area contributed by atoms with E-state index in [2.05, 4.69) is 5.32 Å². The second kappa shape index (κ2) is 9.92. The van der Waals surface area contributed by atoms with Crippen LogP contribution < -0.4 is 10.1 Å². The Balaban J connectivity index is 1.68. The largest absolute Gasteiger partial charge is 0.482 e. The van der Waals surface area contributed by atoms with Gasteiger partial charge in [-0.2, -0.15) is 0 Å². The minimum absolute atomic E-state index is 0.166. The topological polar surface area (TPSA) is 78.9 Å². The Morgan fingerprint density at radius 1 is 1.09 bits per heavy atom. The SMILES string of the molecule is O=C(O)COc1ccc(Cl)cc1C1c2ccccc2CCN1C(=O)NCc1cccc(F)c1. The summed E-state index contributed by atoms with van der Waals surface area (Å²) in [6, 6.07) is 17.9. The average Bonchev–Trinajstić information content (AvgIpc) is 2.81. The van der Waals surface area contributed by atoms with Crippen molar-refractivity contribution in [2.24, 2.45) is 0 Å². The molecule has 3 aromatic carbocycles. The number of benzene rings is 3. The van der Waals surface area contributed by atoms with Crippen LogP contribution >= 0.6 is 11.6 Å². The predicted molar refractivity (Wildman–Crippen MR) is 122 cm³/mol. The van der Waals surface area contributed by atoms with Gasteiger partial charge in [0, 0.05) is 23.7 Å². The fourth-order valence-corrected chi connectivity index (χ4v) is 4.23. The van der Waals surface area contributed by atoms with Crippen LogP contribution in [0.15, 0.2) is 66.7 Å². The van der Waals surface area contributed by atoms with E-state index in [1.54, 1.807) is 35.2 Å². The fourth-order valence-electron chi connectivity index (χ4n) is 4.05. The first-order valence-electron chi connectivity index (χ1n) is 10.4. The maximum absolute atomic E-state index is 13.5. The van der Waals surface area contributed by atoms with Crippen LogP contribution in [0.1, 0.15) is 28.3 Å². The normalized spacial score (nSPS) is 15.0. The van der Waals surface area contributed by atoms with Gasteiger partial charge in [0.15, 0.2) is 6.61 Å². The van der Waals surface area contributed by atoms with Gasteiger partial charge < -0.3 is 20.1 Å². The summed E-state index contributed by atoms with van der Waals surface area (Å²) in [4.78, 5) is 26.0. The number of urea groups is 1. The molecule has 0 bridgehead atoms. The molecule has 1 aliphatic heterocycles. The molecule has 0 saturated heterocycles. The summed E-state index contributed by atoms with van der Waals surface area (Å²) in [5.41, 5.74) is 3.23. The number of aliphatic carboxylic acids is 1. The van der Waals surface area contributed by atoms with Crippen LogP contribution in [0.3, 0.4) is 0 Å². The zero-order chi connectivity index (χ0) is 23.4. The van der Waals surface area contributed by atoms with Crippen molar-refractivity contribution in [3.63, 3.8) is 0 Å². The quantitative estimate of drug-likeness (QED) is 0.544. The Labute approximate surface area is 195 Å². The number of amides is 2. The number of hydrogen-bond donors (Lipinski definition) is 2. The van der Waals surface area contributed by atoms with E-state index in [0.29, 0.717) is 34.9 Å². The third-order valence-corrected chi connectivity index (χ3v) is 5.73. The highest BCUT2D eigenvalue weighted by molar-refractivity contribution is 6.30. The summed E-state index contributed by atoms with van der Waals surface area (Å²) in [5, 5.41) is 12.4. The number of nitrogens with zero attached hydrogens (tertiary/aromatic N) is 1. The Kier molecular flexibility index (Phi) is 6.79. The number of carboxylic acid groups (broad SMARTS) is 1. The third kappa shape index (κ3) is 5.26. The van der Waals surface area contributed by atoms with Gasteiger partial charge in [0.2, 0.25) is 0 Å². The summed E-state index contributed by atoms with van der Waals surface area (Å²) < 4.78 is 19.0. The summed E-state index contributed by atoms with van der Waals surface area (Å²) in [7, 11) is 0. The van der Waals surface area contributed by atoms with Gasteiger partial charge in [-0.3, -0.25) is 0 Å². The number of ether oxygens (including phenoxy) is 1. The number of rotatable bonds is 6. The third-order valence-electron chi connectivity index (χ3n) is 5.49. The molecule has 0 saturated carbocycles. The van der Waals surface area contributed by atoms with Crippen molar-refractivity contribution in [2.75, 3.05) is 13.2 Å². The smallest absolute Gasteiger partial charge is 0.341 e. The Hall–Kier alpha value is -3.58. The molecule has 1 unspecified atom stereocenters. The molecule has 0 spiro atoms. The first-order valence-corrected chi connectivity index (χ1v) is 10.8. The molecule has 1 heterocycles. The van der Waals surface area contributed by atoms with E-state index in [0.717, 1.165) is 11.1 Å². The Morgan fingerprint density at radius 2 is 1.91 bits per heavy atom. The molecule has 33 heavy (non-hydrogen) atoms. The van der Waals surface area contributed by atoms with E-state index in [1.807, 2.05) is 24.3 Å². The zero-order valence-corrected chi connectivity index (χ0v) is 18.4. The van der Waals surface area contributed by atoms with Gasteiger partial charge >= 0.3 is 12.0 Å². The molecule has 1 atom stereocenters. The molecule has 0 aliphatic carbocycles. The first kappa shape index (κ1) is 22.6. The number of nitrogens with one attached hydrogen (secondary N) is 1. The maximum Gasteiger partial charge on any atom is 0.341 e. The Bertz CT molecular complexity index is 1190. The van der Waals surface area contributed by atoms with Gasteiger partial charge in [-0.1, -0.05) is 48.0 Å². The van der Waals surface area contributed by atoms with Crippen molar-refractivity contribution in [2.45, 2.75) is 19.0 Å². The van der Waals surface area contributed by atoms with Crippen molar-refractivity contribution >= 4 is 23.6 Å². The van der Waals surface area contributed by atoms with Crippen molar-refractivity contribution in [1.82, 2.24) is 10.2 Å². The highest BCUT2D eigenvalue weighted by atomic mass is 35.5. The van der Waals surface area contributed by atoms with Crippen molar-refractivity contribution in [1.29, 1.82) is 0 Å². The number of carbonyl (C=O) groups excluding carboxylic acids is 1. The molecule has 6 nitrogen and oxygen atoms in total. The molecule has 1 aliphatic rings. The van der Waals surface area contributed by atoms with Gasteiger partial charge in [0.25, 0.3) is 0 Å². The monoisotopic (exact) mass is 468 g/mol. The highest BCUT2D eigenvalue weighted by Crippen LogP contribution is 2.40. The highest BCUT2D eigenvalue weighted by Gasteiger charge is 2.34. The molecular formula is C25H22ClFN2O4. The van der Waals surface area contributed by atoms with Crippen LogP contribution in [0.2, 0.25) is 5.02 Å². The van der Waals surface area contributed by atoms with Crippen LogP contribution in [0, 0.1) is 5.82 Å². The van der Waals surface area contributed by atoms with Crippen LogP contribution in [-0.2, 0) is 17.8 Å². The summed E-state index contributed by atoms with van der Waals surface area (Å²) >= 11 is 6.28. The van der Waals surface area contributed by atoms with Crippen LogP contribution in [0.25, 0.3) is 0 Å². The van der Waals surface area contributed by atoms with Crippen LogP contribution in [0.5, 0.6) is 5.75 Å². The second-order valence-electron chi connectivity index (χ2n) is 7.70. The number of halogens is 2. The molecule has 0 radical (unpaired) electrons. The lowest BCUT2D eigenvalue weighted by atomic mass is 9.88. The number of carboxylic acids is 1. The summed E-state index contributed by atoms with van der Waals surface area (Å²) in [5.74, 6) is -1.14. The van der Waals surface area contributed by atoms with Crippen LogP contribution in [-0.4, -0.2) is 35.2 Å². The Morgan fingerprint density at radius 3 is 2.70 bits per heavy atom. The predicted octanol–water partition coefficient (Wildman–Crippen LogP) is 4.80. The number of hydrogen-bond acceptors (Lipinski definition) is 3. The molecule has 2 N–H and O–H groups in total. The number of carbonyl (C=O) groups is 2. The van der Waals surface area contributed by atoms with Gasteiger partial charge in [0.1, 0.15) is 11.6 Å². The lowest BCUT2D eigenvalue weighted by molar-refractivity contribution is -0.139. The van der Waals surface area contributed by atoms with Gasteiger partial charge in [0.05, 0.1) is 6.04 Å². The molecule has 2 amide bonds. The van der Waals surface area contributed by atoms with E-state index in [9.17, 15) is 14.0 Å². The molecule has 0 aromatic heterocycles. The van der Waals surface area contributed by atoms with E-state index in [4.69, 9.17) is 21.4 Å². The van der Waals surface area contributed by atoms with Crippen molar-refractivity contribution in [3.8, 4) is 5.75 Å². The van der Waals surface area contributed by atoms with Gasteiger partial charge in [-0.05, 0) is 53.4 Å². The lowest BCUT2D eigenvalue weighted by Crippen LogP contribution is -2.46. The molecule has 170 valence electrons. The van der Waals surface area contributed by atoms with Gasteiger partial charge in [-0.15, -0.1) is 0 Å². The minimum Gasteiger partial charge on any atom is -0.482 e. The molecular weight excluding hydrogens is 447 g/mol. The van der Waals surface area contributed by atoms with E-state index in [1.165, 1.54) is 12.1 Å². The van der Waals surface area contributed by atoms with E-state index >= 15 is 0 Å². The molecule has 4 rings (SSSR count). The zero-order valence-electron chi connectivity index (χ0n) is 17.6. The second-order valence-corrected chi connectivity index (χ2v) is 8.13. The molecule has 3 aromatic rings. The van der Waals surface area contributed by atoms with Crippen LogP contribution in [0.4, 0.5) is 9.18 Å². The van der Waals surface area contributed by atoms with Crippen molar-refractivity contribution in [3.05, 3.63) is 99.8 Å². The molecule has 0 fully saturated rings. The van der Waals surface area contributed by atoms with E-state index in [-0.39, 0.29) is 18.4 Å². The minimum atomic E-state index is -1.11. The lowest BCUT2D eigenvalue weighted by Gasteiger charge is -2.38. The maximum atomic E-state index is 13.5. The standard InChI is InChI=1S/C25H22ClFN2O4/c26-18-8-9-22(33-15-23(30)31)21(13-18)24-20-7-2-1-5-17(20)10-11-29(24)25(32)28-14-16-4-3-6-19(27)12-16/h1-9,12-13,24H,10-11,14-15H2,(H,28,32)(H,30,31). The average molecular weight is 469 g/mol. The first-order chi connectivity index (χ1) is 15.9. The summed E-state index contributed by atoms with van der Waals surface area (Å²) in [6.07, 6.45) is 0.659. The molecule has 8 heteroatoms.